The molecule has 0 bridgehead atoms. The van der Waals surface area contributed by atoms with Crippen molar-refractivity contribution in [3.8, 4) is 40.0 Å². The second-order valence-electron chi connectivity index (χ2n) is 9.86. The first-order valence-electron chi connectivity index (χ1n) is 13.0. The van der Waals surface area contributed by atoms with Crippen molar-refractivity contribution in [3.05, 3.63) is 60.0 Å². The first kappa shape index (κ1) is 26.4. The number of primary amides is 1. The van der Waals surface area contributed by atoms with E-state index in [1.807, 2.05) is 37.5 Å². The number of carbonyl (C=O) groups is 1. The second-order valence-corrected chi connectivity index (χ2v) is 9.86. The number of amides is 1. The summed E-state index contributed by atoms with van der Waals surface area (Å²) in [6.07, 6.45) is 0.561. The molecule has 3 aromatic heterocycles. The van der Waals surface area contributed by atoms with Gasteiger partial charge in [-0.25, -0.2) is 9.67 Å². The molecule has 1 aliphatic carbocycles. The van der Waals surface area contributed by atoms with Gasteiger partial charge in [-0.05, 0) is 44.0 Å². The number of hydrogen-bond acceptors (Lipinski definition) is 6. The minimum atomic E-state index is -4.98. The fourth-order valence-corrected chi connectivity index (χ4v) is 5.07. The third-order valence-electron chi connectivity index (χ3n) is 6.95. The number of ether oxygens (including phenoxy) is 2. The van der Waals surface area contributed by atoms with E-state index >= 15 is 0 Å². The van der Waals surface area contributed by atoms with Gasteiger partial charge < -0.3 is 19.8 Å². The number of hydrogen-bond donors (Lipinski definition) is 1. The average Bonchev–Trinajstić information content (AvgIpc) is 3.38. The van der Waals surface area contributed by atoms with Crippen molar-refractivity contribution in [2.75, 3.05) is 6.61 Å². The summed E-state index contributed by atoms with van der Waals surface area (Å²) in [6, 6.07) is 9.39. The van der Waals surface area contributed by atoms with Crippen molar-refractivity contribution in [1.29, 1.82) is 0 Å². The molecule has 2 N–H and O–H groups in total. The molecule has 13 heteroatoms. The second kappa shape index (κ2) is 9.68. The molecule has 0 atom stereocenters. The smallest absolute Gasteiger partial charge is 0.475 e. The number of halogens is 3. The summed E-state index contributed by atoms with van der Waals surface area (Å²) in [5, 5.41) is 9.92. The van der Waals surface area contributed by atoms with Crippen LogP contribution in [0.5, 0.6) is 11.6 Å². The van der Waals surface area contributed by atoms with E-state index < -0.39 is 18.0 Å². The predicted molar refractivity (Wildman–Crippen MR) is 144 cm³/mol. The lowest BCUT2D eigenvalue weighted by molar-refractivity contribution is -0.274. The molecular formula is C28H26F3N7O3. The van der Waals surface area contributed by atoms with E-state index in [2.05, 4.69) is 9.84 Å². The van der Waals surface area contributed by atoms with Crippen LogP contribution in [0.3, 0.4) is 0 Å². The van der Waals surface area contributed by atoms with Gasteiger partial charge in [0.25, 0.3) is 5.88 Å². The Hall–Kier alpha value is -4.81. The largest absolute Gasteiger partial charge is 0.573 e. The lowest BCUT2D eigenvalue weighted by Gasteiger charge is -2.14. The normalized spacial score (nSPS) is 13.6. The van der Waals surface area contributed by atoms with Gasteiger partial charge in [0.15, 0.2) is 0 Å². The Morgan fingerprint density at radius 2 is 1.88 bits per heavy atom. The highest BCUT2D eigenvalue weighted by Crippen LogP contribution is 2.47. The minimum absolute atomic E-state index is 0.0857. The molecule has 0 aliphatic heterocycles. The van der Waals surface area contributed by atoms with Crippen LogP contribution in [0.4, 0.5) is 13.2 Å². The summed E-state index contributed by atoms with van der Waals surface area (Å²) < 4.78 is 55.2. The zero-order valence-corrected chi connectivity index (χ0v) is 22.4. The predicted octanol–water partition coefficient (Wildman–Crippen LogP) is 5.10. The van der Waals surface area contributed by atoms with Crippen LogP contribution < -0.4 is 15.2 Å². The Kier molecular flexibility index (Phi) is 6.24. The molecule has 0 radical (unpaired) electrons. The fourth-order valence-electron chi connectivity index (χ4n) is 5.07. The lowest BCUT2D eigenvalue weighted by Crippen LogP contribution is -2.19. The quantitative estimate of drug-likeness (QED) is 0.280. The molecular weight excluding hydrogens is 539 g/mol. The van der Waals surface area contributed by atoms with Crippen LogP contribution in [-0.4, -0.2) is 48.0 Å². The van der Waals surface area contributed by atoms with E-state index in [9.17, 15) is 18.0 Å². The summed E-state index contributed by atoms with van der Waals surface area (Å²) in [6.45, 7) is 2.32. The maximum Gasteiger partial charge on any atom is 0.573 e. The number of alkyl halides is 3. The highest BCUT2D eigenvalue weighted by Gasteiger charge is 2.36. The van der Waals surface area contributed by atoms with Crippen molar-refractivity contribution >= 4 is 16.8 Å². The van der Waals surface area contributed by atoms with Gasteiger partial charge in [0.2, 0.25) is 5.91 Å². The molecule has 5 aromatic rings. The van der Waals surface area contributed by atoms with Crippen LogP contribution in [0.15, 0.2) is 48.8 Å². The molecule has 0 saturated heterocycles. The average molecular weight is 566 g/mol. The van der Waals surface area contributed by atoms with E-state index in [1.165, 1.54) is 12.1 Å². The number of rotatable bonds is 8. The van der Waals surface area contributed by atoms with Crippen LogP contribution >= 0.6 is 0 Å². The SMILES string of the molecule is CCOc1nn(C)cc1-n1cc2c(-c3nc(-c4ccc(C(N)=O)cc4OC(F)(F)F)n(C)c3C3CC3)cccc2n1. The van der Waals surface area contributed by atoms with Crippen LogP contribution in [0.1, 0.15) is 41.7 Å². The highest BCUT2D eigenvalue weighted by molar-refractivity contribution is 5.96. The summed E-state index contributed by atoms with van der Waals surface area (Å²) in [4.78, 5) is 16.6. The third-order valence-corrected chi connectivity index (χ3v) is 6.95. The standard InChI is InChI=1S/C28H26F3N7O3/c1-4-40-27-21(14-36(2)35-27)38-13-19-17(6-5-7-20(19)34-38)23-24(15-8-9-15)37(3)26(33-23)18-11-10-16(25(32)39)12-22(18)41-28(29,30)31/h5-7,10-15H,4,8-9H2,1-3H3,(H2,32,39). The Bertz CT molecular complexity index is 1800. The molecule has 3 heterocycles. The first-order valence-corrected chi connectivity index (χ1v) is 13.0. The molecule has 6 rings (SSSR count). The maximum atomic E-state index is 13.4. The van der Waals surface area contributed by atoms with Crippen LogP contribution in [-0.2, 0) is 14.1 Å². The number of imidazole rings is 1. The molecule has 1 saturated carbocycles. The summed E-state index contributed by atoms with van der Waals surface area (Å²) in [5.74, 6) is -0.511. The summed E-state index contributed by atoms with van der Waals surface area (Å²) >= 11 is 0. The van der Waals surface area contributed by atoms with E-state index in [4.69, 9.17) is 20.6 Å². The Balaban J connectivity index is 1.52. The van der Waals surface area contributed by atoms with Crippen molar-refractivity contribution < 1.29 is 27.4 Å². The monoisotopic (exact) mass is 565 g/mol. The fraction of sp³-hybridized carbons (Fsp3) is 0.286. The van der Waals surface area contributed by atoms with Gasteiger partial charge >= 0.3 is 6.36 Å². The number of carbonyl (C=O) groups excluding carboxylic acids is 1. The van der Waals surface area contributed by atoms with Gasteiger partial charge in [-0.2, -0.15) is 5.10 Å². The summed E-state index contributed by atoms with van der Waals surface area (Å²) in [7, 11) is 3.57. The van der Waals surface area contributed by atoms with Crippen LogP contribution in [0, 0.1) is 0 Å². The van der Waals surface area contributed by atoms with Crippen molar-refractivity contribution in [2.24, 2.45) is 19.8 Å². The van der Waals surface area contributed by atoms with E-state index in [1.54, 1.807) is 28.0 Å². The van der Waals surface area contributed by atoms with Crippen molar-refractivity contribution in [3.63, 3.8) is 0 Å². The number of fused-ring (bicyclic) bond motifs is 1. The van der Waals surface area contributed by atoms with E-state index in [-0.39, 0.29) is 22.9 Å². The molecule has 2 aromatic carbocycles. The topological polar surface area (TPSA) is 115 Å². The van der Waals surface area contributed by atoms with Crippen molar-refractivity contribution in [2.45, 2.75) is 32.0 Å². The molecule has 0 spiro atoms. The Labute approximate surface area is 232 Å². The van der Waals surface area contributed by atoms with Gasteiger partial charge in [-0.3, -0.25) is 9.48 Å². The minimum Gasteiger partial charge on any atom is -0.475 e. The van der Waals surface area contributed by atoms with Crippen LogP contribution in [0.25, 0.3) is 39.2 Å². The van der Waals surface area contributed by atoms with Gasteiger partial charge in [-0.15, -0.1) is 18.3 Å². The Morgan fingerprint density at radius 3 is 2.56 bits per heavy atom. The number of aromatic nitrogens is 6. The van der Waals surface area contributed by atoms with Crippen molar-refractivity contribution in [1.82, 2.24) is 29.1 Å². The van der Waals surface area contributed by atoms with Gasteiger partial charge in [-0.1, -0.05) is 12.1 Å². The number of nitrogens with zero attached hydrogens (tertiary/aromatic N) is 6. The lowest BCUT2D eigenvalue weighted by atomic mass is 10.0. The number of nitrogens with two attached hydrogens (primary N) is 1. The highest BCUT2D eigenvalue weighted by atomic mass is 19.4. The zero-order valence-electron chi connectivity index (χ0n) is 22.4. The maximum absolute atomic E-state index is 13.4. The van der Waals surface area contributed by atoms with Gasteiger partial charge in [0.1, 0.15) is 17.3 Å². The molecule has 1 fully saturated rings. The molecule has 10 nitrogen and oxygen atoms in total. The molecule has 1 amide bonds. The van der Waals surface area contributed by atoms with Gasteiger partial charge in [0, 0.05) is 48.4 Å². The first-order chi connectivity index (χ1) is 19.5. The Morgan fingerprint density at radius 1 is 1.10 bits per heavy atom. The molecule has 41 heavy (non-hydrogen) atoms. The van der Waals surface area contributed by atoms with E-state index in [0.29, 0.717) is 29.4 Å². The van der Waals surface area contributed by atoms with Crippen LogP contribution in [0.2, 0.25) is 0 Å². The third kappa shape index (κ3) is 4.87. The van der Waals surface area contributed by atoms with Gasteiger partial charge in [0.05, 0.1) is 29.6 Å². The molecule has 1 aliphatic rings. The zero-order chi connectivity index (χ0) is 29.1. The molecule has 0 unspecified atom stereocenters. The number of aryl methyl sites for hydroxylation is 1. The molecule has 212 valence electrons. The number of benzene rings is 2. The summed E-state index contributed by atoms with van der Waals surface area (Å²) in [5.41, 5.74) is 9.00. The van der Waals surface area contributed by atoms with E-state index in [0.717, 1.165) is 35.6 Å².